The van der Waals surface area contributed by atoms with Gasteiger partial charge in [-0.2, -0.15) is 0 Å². The Bertz CT molecular complexity index is 215. The van der Waals surface area contributed by atoms with Crippen LogP contribution in [-0.2, 0) is 28.5 Å². The lowest BCUT2D eigenvalue weighted by Crippen LogP contribution is -2.24. The molecule has 18 heavy (non-hydrogen) atoms. The van der Waals surface area contributed by atoms with E-state index in [-0.39, 0.29) is 18.9 Å². The molecule has 1 unspecified atom stereocenters. The fraction of sp³-hybridized carbons (Fsp3) is 0.917. The van der Waals surface area contributed by atoms with Crippen LogP contribution in [0, 0.1) is 0 Å². The average Bonchev–Trinajstić information content (AvgIpc) is 2.42. The van der Waals surface area contributed by atoms with Gasteiger partial charge in [0.15, 0.2) is 6.29 Å². The molecule has 0 spiro atoms. The van der Waals surface area contributed by atoms with Crippen LogP contribution >= 0.6 is 0 Å². The third-order valence-corrected chi connectivity index (χ3v) is 2.49. The molecular weight excluding hydrogens is 240 g/mol. The Morgan fingerprint density at radius 3 is 2.67 bits per heavy atom. The summed E-state index contributed by atoms with van der Waals surface area (Å²) in [5.74, 6) is -0.382. The van der Waals surface area contributed by atoms with E-state index in [1.165, 1.54) is 7.11 Å². The Balaban J connectivity index is 1.79. The van der Waals surface area contributed by atoms with Gasteiger partial charge in [0, 0.05) is 6.61 Å². The summed E-state index contributed by atoms with van der Waals surface area (Å²) in [6, 6.07) is 0. The second-order valence-electron chi connectivity index (χ2n) is 3.91. The lowest BCUT2D eigenvalue weighted by atomic mass is 10.2. The van der Waals surface area contributed by atoms with Gasteiger partial charge in [0.25, 0.3) is 0 Å². The van der Waals surface area contributed by atoms with Crippen LogP contribution in [0.15, 0.2) is 0 Å². The van der Waals surface area contributed by atoms with Crippen molar-refractivity contribution in [3.63, 3.8) is 0 Å². The summed E-state index contributed by atoms with van der Waals surface area (Å²) < 4.78 is 25.6. The first kappa shape index (κ1) is 15.4. The molecule has 1 saturated heterocycles. The lowest BCUT2D eigenvalue weighted by Gasteiger charge is -2.22. The van der Waals surface area contributed by atoms with Crippen molar-refractivity contribution in [2.24, 2.45) is 0 Å². The van der Waals surface area contributed by atoms with Gasteiger partial charge >= 0.3 is 5.97 Å². The number of methoxy groups -OCH3 is 1. The molecule has 1 aliphatic heterocycles. The summed E-state index contributed by atoms with van der Waals surface area (Å²) in [6.07, 6.45) is 3.17. The number of carbonyl (C=O) groups excluding carboxylic acids is 1. The molecule has 1 rings (SSSR count). The van der Waals surface area contributed by atoms with Crippen LogP contribution in [0.1, 0.15) is 19.3 Å². The van der Waals surface area contributed by atoms with Gasteiger partial charge in [0.05, 0.1) is 33.5 Å². The first-order valence-corrected chi connectivity index (χ1v) is 6.28. The number of carbonyl (C=O) groups is 1. The van der Waals surface area contributed by atoms with E-state index in [0.29, 0.717) is 26.4 Å². The van der Waals surface area contributed by atoms with Gasteiger partial charge in [0.1, 0.15) is 6.61 Å². The molecule has 0 aromatic heterocycles. The Labute approximate surface area is 107 Å². The highest BCUT2D eigenvalue weighted by atomic mass is 16.7. The van der Waals surface area contributed by atoms with Crippen LogP contribution in [0.3, 0.4) is 0 Å². The van der Waals surface area contributed by atoms with Crippen molar-refractivity contribution < 1.29 is 28.5 Å². The van der Waals surface area contributed by atoms with Crippen LogP contribution in [0.5, 0.6) is 0 Å². The maximum absolute atomic E-state index is 10.7. The SMILES string of the molecule is COC(=O)COCCOCCOC1CCCCO1. The first-order valence-electron chi connectivity index (χ1n) is 6.28. The summed E-state index contributed by atoms with van der Waals surface area (Å²) in [4.78, 5) is 10.7. The Hall–Kier alpha value is -0.690. The molecule has 0 bridgehead atoms. The molecule has 6 nitrogen and oxygen atoms in total. The maximum Gasteiger partial charge on any atom is 0.331 e. The van der Waals surface area contributed by atoms with Crippen molar-refractivity contribution in [3.05, 3.63) is 0 Å². The summed E-state index contributed by atoms with van der Waals surface area (Å²) in [6.45, 7) is 2.57. The second-order valence-corrected chi connectivity index (χ2v) is 3.91. The maximum atomic E-state index is 10.7. The van der Waals surface area contributed by atoms with Gasteiger partial charge in [-0.05, 0) is 19.3 Å². The van der Waals surface area contributed by atoms with Crippen LogP contribution in [0.25, 0.3) is 0 Å². The fourth-order valence-corrected chi connectivity index (χ4v) is 1.52. The normalized spacial score (nSPS) is 19.7. The van der Waals surface area contributed by atoms with E-state index in [2.05, 4.69) is 4.74 Å². The molecular formula is C12H22O6. The summed E-state index contributed by atoms with van der Waals surface area (Å²) in [5, 5.41) is 0. The molecule has 0 saturated carbocycles. The van der Waals surface area contributed by atoms with E-state index in [4.69, 9.17) is 18.9 Å². The van der Waals surface area contributed by atoms with E-state index in [9.17, 15) is 4.79 Å². The number of hydrogen-bond donors (Lipinski definition) is 0. The van der Waals surface area contributed by atoms with Crippen molar-refractivity contribution in [3.8, 4) is 0 Å². The van der Waals surface area contributed by atoms with Gasteiger partial charge in [-0.25, -0.2) is 4.79 Å². The predicted molar refractivity (Wildman–Crippen MR) is 63.2 cm³/mol. The van der Waals surface area contributed by atoms with Crippen molar-refractivity contribution in [2.75, 3.05) is 46.8 Å². The molecule has 1 fully saturated rings. The third kappa shape index (κ3) is 7.60. The van der Waals surface area contributed by atoms with Crippen LogP contribution in [0.4, 0.5) is 0 Å². The number of esters is 1. The smallest absolute Gasteiger partial charge is 0.331 e. The van der Waals surface area contributed by atoms with Crippen molar-refractivity contribution in [1.82, 2.24) is 0 Å². The van der Waals surface area contributed by atoms with Crippen molar-refractivity contribution >= 4 is 5.97 Å². The average molecular weight is 262 g/mol. The molecule has 0 N–H and O–H groups in total. The highest BCUT2D eigenvalue weighted by Gasteiger charge is 2.13. The Morgan fingerprint density at radius 2 is 1.94 bits per heavy atom. The monoisotopic (exact) mass is 262 g/mol. The minimum Gasteiger partial charge on any atom is -0.467 e. The molecule has 0 aromatic carbocycles. The first-order chi connectivity index (χ1) is 8.83. The molecule has 0 amide bonds. The van der Waals surface area contributed by atoms with Gasteiger partial charge in [-0.15, -0.1) is 0 Å². The quantitative estimate of drug-likeness (QED) is 0.451. The highest BCUT2D eigenvalue weighted by Crippen LogP contribution is 2.13. The molecule has 0 aromatic rings. The molecule has 1 heterocycles. The van der Waals surface area contributed by atoms with E-state index in [1.807, 2.05) is 0 Å². The topological polar surface area (TPSA) is 63.2 Å². The fourth-order valence-electron chi connectivity index (χ4n) is 1.52. The third-order valence-electron chi connectivity index (χ3n) is 2.49. The van der Waals surface area contributed by atoms with E-state index >= 15 is 0 Å². The lowest BCUT2D eigenvalue weighted by molar-refractivity contribution is -0.169. The largest absolute Gasteiger partial charge is 0.467 e. The molecule has 106 valence electrons. The van der Waals surface area contributed by atoms with Crippen LogP contribution in [0.2, 0.25) is 0 Å². The van der Waals surface area contributed by atoms with Gasteiger partial charge in [-0.1, -0.05) is 0 Å². The predicted octanol–water partition coefficient (Wildman–Crippen LogP) is 0.736. The van der Waals surface area contributed by atoms with Crippen LogP contribution < -0.4 is 0 Å². The van der Waals surface area contributed by atoms with E-state index < -0.39 is 0 Å². The highest BCUT2D eigenvalue weighted by molar-refractivity contribution is 5.70. The standard InChI is InChI=1S/C12H22O6/c1-14-11(13)10-16-7-6-15-8-9-18-12-4-2-3-5-17-12/h12H,2-10H2,1H3. The number of ether oxygens (including phenoxy) is 5. The minimum atomic E-state index is -0.382. The van der Waals surface area contributed by atoms with Crippen molar-refractivity contribution in [2.45, 2.75) is 25.6 Å². The molecule has 0 aliphatic carbocycles. The summed E-state index contributed by atoms with van der Waals surface area (Å²) >= 11 is 0. The summed E-state index contributed by atoms with van der Waals surface area (Å²) in [7, 11) is 1.33. The molecule has 0 radical (unpaired) electrons. The molecule has 1 aliphatic rings. The van der Waals surface area contributed by atoms with E-state index in [1.54, 1.807) is 0 Å². The van der Waals surface area contributed by atoms with Gasteiger partial charge in [-0.3, -0.25) is 0 Å². The second kappa shape index (κ2) is 10.3. The Morgan fingerprint density at radius 1 is 1.17 bits per heavy atom. The van der Waals surface area contributed by atoms with Gasteiger partial charge < -0.3 is 23.7 Å². The zero-order valence-electron chi connectivity index (χ0n) is 10.9. The number of hydrogen-bond acceptors (Lipinski definition) is 6. The molecule has 6 heteroatoms. The minimum absolute atomic E-state index is 0.0354. The van der Waals surface area contributed by atoms with Crippen molar-refractivity contribution in [1.29, 1.82) is 0 Å². The number of rotatable bonds is 9. The summed E-state index contributed by atoms with van der Waals surface area (Å²) in [5.41, 5.74) is 0. The van der Waals surface area contributed by atoms with E-state index in [0.717, 1.165) is 25.9 Å². The van der Waals surface area contributed by atoms with Crippen LogP contribution in [-0.4, -0.2) is 59.0 Å². The zero-order valence-corrected chi connectivity index (χ0v) is 10.9. The molecule has 1 atom stereocenters. The van der Waals surface area contributed by atoms with Gasteiger partial charge in [0.2, 0.25) is 0 Å². The zero-order chi connectivity index (χ0) is 13.1. The Kier molecular flexibility index (Phi) is 8.75.